The number of rotatable bonds is 12. The van der Waals surface area contributed by atoms with Crippen LogP contribution in [0.25, 0.3) is 0 Å². The second kappa shape index (κ2) is 11.5. The molecule has 22 heavy (non-hydrogen) atoms. The van der Waals surface area contributed by atoms with Gasteiger partial charge < -0.3 is 10.4 Å². The normalized spacial score (nSPS) is 25.8. The lowest BCUT2D eigenvalue weighted by Crippen LogP contribution is -2.52. The van der Waals surface area contributed by atoms with Crippen molar-refractivity contribution in [3.8, 4) is 0 Å². The van der Waals surface area contributed by atoms with Crippen molar-refractivity contribution in [3.63, 3.8) is 0 Å². The van der Waals surface area contributed by atoms with E-state index in [0.29, 0.717) is 5.92 Å². The van der Waals surface area contributed by atoms with Crippen LogP contribution in [-0.2, 0) is 0 Å². The first kappa shape index (κ1) is 20.0. The van der Waals surface area contributed by atoms with Crippen LogP contribution in [0.1, 0.15) is 97.8 Å². The Morgan fingerprint density at radius 3 is 2.09 bits per heavy atom. The van der Waals surface area contributed by atoms with Crippen molar-refractivity contribution >= 4 is 0 Å². The number of hydrogen-bond acceptors (Lipinski definition) is 2. The topological polar surface area (TPSA) is 32.3 Å². The smallest absolute Gasteiger partial charge is 0.0800 e. The highest BCUT2D eigenvalue weighted by atomic mass is 16.3. The molecule has 0 bridgehead atoms. The lowest BCUT2D eigenvalue weighted by atomic mass is 9.75. The second-order valence-electron chi connectivity index (χ2n) is 7.74. The molecule has 2 unspecified atom stereocenters. The average Bonchev–Trinajstić information content (AvgIpc) is 2.51. The van der Waals surface area contributed by atoms with E-state index in [1.54, 1.807) is 0 Å². The number of aliphatic hydroxyl groups is 1. The Morgan fingerprint density at radius 2 is 1.59 bits per heavy atom. The van der Waals surface area contributed by atoms with Gasteiger partial charge in [0.2, 0.25) is 0 Å². The van der Waals surface area contributed by atoms with E-state index in [0.717, 1.165) is 31.8 Å². The summed E-state index contributed by atoms with van der Waals surface area (Å²) < 4.78 is 0. The SMILES string of the molecule is CCCCCCC(CCCCCC)CC1(O)CNCCC1C. The number of piperidine rings is 1. The number of nitrogens with one attached hydrogen (secondary N) is 1. The van der Waals surface area contributed by atoms with Crippen molar-refractivity contribution in [2.24, 2.45) is 11.8 Å². The quantitative estimate of drug-likeness (QED) is 0.480. The van der Waals surface area contributed by atoms with Crippen LogP contribution in [0.3, 0.4) is 0 Å². The highest BCUT2D eigenvalue weighted by molar-refractivity contribution is 4.92. The average molecular weight is 312 g/mol. The summed E-state index contributed by atoms with van der Waals surface area (Å²) in [6, 6.07) is 0. The van der Waals surface area contributed by atoms with Crippen molar-refractivity contribution < 1.29 is 5.11 Å². The molecule has 0 amide bonds. The fourth-order valence-corrected chi connectivity index (χ4v) is 3.91. The molecule has 0 aromatic heterocycles. The molecule has 0 aliphatic carbocycles. The first-order chi connectivity index (χ1) is 10.6. The largest absolute Gasteiger partial charge is 0.388 e. The fourth-order valence-electron chi connectivity index (χ4n) is 3.91. The minimum Gasteiger partial charge on any atom is -0.388 e. The summed E-state index contributed by atoms with van der Waals surface area (Å²) in [5.41, 5.74) is -0.460. The van der Waals surface area contributed by atoms with Gasteiger partial charge in [-0.2, -0.15) is 0 Å². The van der Waals surface area contributed by atoms with Gasteiger partial charge in [0.15, 0.2) is 0 Å². The summed E-state index contributed by atoms with van der Waals surface area (Å²) in [6.45, 7) is 8.67. The predicted octanol–water partition coefficient (Wildman–Crippen LogP) is 5.29. The molecule has 2 nitrogen and oxygen atoms in total. The Morgan fingerprint density at radius 1 is 1.00 bits per heavy atom. The van der Waals surface area contributed by atoms with Gasteiger partial charge in [-0.25, -0.2) is 0 Å². The van der Waals surface area contributed by atoms with Crippen LogP contribution in [0.2, 0.25) is 0 Å². The van der Waals surface area contributed by atoms with Gasteiger partial charge in [-0.05, 0) is 31.2 Å². The molecule has 0 saturated carbocycles. The highest BCUT2D eigenvalue weighted by Crippen LogP contribution is 2.34. The third-order valence-corrected chi connectivity index (χ3v) is 5.68. The molecule has 2 heteroatoms. The van der Waals surface area contributed by atoms with Crippen LogP contribution >= 0.6 is 0 Å². The molecule has 1 aliphatic heterocycles. The van der Waals surface area contributed by atoms with E-state index in [-0.39, 0.29) is 0 Å². The molecule has 0 aromatic rings. The first-order valence-electron chi connectivity index (χ1n) is 10.1. The van der Waals surface area contributed by atoms with Gasteiger partial charge in [0.25, 0.3) is 0 Å². The Labute approximate surface area is 139 Å². The van der Waals surface area contributed by atoms with Gasteiger partial charge >= 0.3 is 0 Å². The lowest BCUT2D eigenvalue weighted by Gasteiger charge is -2.41. The standard InChI is InChI=1S/C20H41NO/c1-4-6-8-10-12-19(13-11-9-7-5-2)16-20(22)17-21-15-14-18(20)3/h18-19,21-22H,4-17H2,1-3H3. The highest BCUT2D eigenvalue weighted by Gasteiger charge is 2.37. The molecule has 0 aromatic carbocycles. The molecule has 2 atom stereocenters. The van der Waals surface area contributed by atoms with Crippen molar-refractivity contribution in [3.05, 3.63) is 0 Å². The number of β-amino-alcohol motifs (C(OH)–C–C–N with tert-alkyl or cyclic N) is 1. The first-order valence-corrected chi connectivity index (χ1v) is 10.1. The third kappa shape index (κ3) is 7.46. The van der Waals surface area contributed by atoms with Crippen molar-refractivity contribution in [1.29, 1.82) is 0 Å². The molecule has 132 valence electrons. The van der Waals surface area contributed by atoms with Crippen LogP contribution in [0.15, 0.2) is 0 Å². The predicted molar refractivity (Wildman–Crippen MR) is 97.2 cm³/mol. The zero-order valence-corrected chi connectivity index (χ0v) is 15.5. The van der Waals surface area contributed by atoms with Crippen LogP contribution in [0.4, 0.5) is 0 Å². The lowest BCUT2D eigenvalue weighted by molar-refractivity contribution is -0.0499. The molecular weight excluding hydrogens is 270 g/mol. The zero-order chi connectivity index (χ0) is 16.3. The minimum absolute atomic E-state index is 0.447. The molecule has 1 aliphatic rings. The summed E-state index contributed by atoms with van der Waals surface area (Å²) in [5, 5.41) is 14.5. The van der Waals surface area contributed by atoms with Crippen LogP contribution < -0.4 is 5.32 Å². The monoisotopic (exact) mass is 311 g/mol. The Kier molecular flexibility index (Phi) is 10.4. The summed E-state index contributed by atoms with van der Waals surface area (Å²) in [6.07, 6.45) is 15.6. The second-order valence-corrected chi connectivity index (χ2v) is 7.74. The summed E-state index contributed by atoms with van der Waals surface area (Å²) >= 11 is 0. The summed E-state index contributed by atoms with van der Waals surface area (Å²) in [7, 11) is 0. The van der Waals surface area contributed by atoms with E-state index in [2.05, 4.69) is 26.1 Å². The van der Waals surface area contributed by atoms with E-state index in [1.165, 1.54) is 64.2 Å². The number of unbranched alkanes of at least 4 members (excludes halogenated alkanes) is 6. The van der Waals surface area contributed by atoms with Crippen LogP contribution in [0.5, 0.6) is 0 Å². The summed E-state index contributed by atoms with van der Waals surface area (Å²) in [4.78, 5) is 0. The van der Waals surface area contributed by atoms with Gasteiger partial charge in [-0.3, -0.25) is 0 Å². The van der Waals surface area contributed by atoms with Gasteiger partial charge in [-0.1, -0.05) is 85.0 Å². The Balaban J connectivity index is 2.43. The maximum Gasteiger partial charge on any atom is 0.0800 e. The van der Waals surface area contributed by atoms with Gasteiger partial charge in [0, 0.05) is 6.54 Å². The maximum absolute atomic E-state index is 11.1. The van der Waals surface area contributed by atoms with E-state index in [4.69, 9.17) is 0 Å². The van der Waals surface area contributed by atoms with Gasteiger partial charge in [0.1, 0.15) is 0 Å². The van der Waals surface area contributed by atoms with Gasteiger partial charge in [-0.15, -0.1) is 0 Å². The molecule has 1 saturated heterocycles. The van der Waals surface area contributed by atoms with E-state index >= 15 is 0 Å². The van der Waals surface area contributed by atoms with Crippen molar-refractivity contribution in [2.45, 2.75) is 103 Å². The molecule has 1 fully saturated rings. The van der Waals surface area contributed by atoms with Crippen molar-refractivity contribution in [2.75, 3.05) is 13.1 Å². The molecule has 0 radical (unpaired) electrons. The van der Waals surface area contributed by atoms with Crippen molar-refractivity contribution in [1.82, 2.24) is 5.32 Å². The molecule has 1 rings (SSSR count). The Hall–Kier alpha value is -0.0800. The van der Waals surface area contributed by atoms with Crippen LogP contribution in [0, 0.1) is 11.8 Å². The van der Waals surface area contributed by atoms with Gasteiger partial charge in [0.05, 0.1) is 5.60 Å². The molecular formula is C20H41NO. The van der Waals surface area contributed by atoms with E-state index in [9.17, 15) is 5.11 Å². The number of hydrogen-bond donors (Lipinski definition) is 2. The zero-order valence-electron chi connectivity index (χ0n) is 15.5. The molecule has 2 N–H and O–H groups in total. The summed E-state index contributed by atoms with van der Waals surface area (Å²) in [5.74, 6) is 1.17. The third-order valence-electron chi connectivity index (χ3n) is 5.68. The fraction of sp³-hybridized carbons (Fsp3) is 1.00. The van der Waals surface area contributed by atoms with E-state index < -0.39 is 5.60 Å². The van der Waals surface area contributed by atoms with E-state index in [1.807, 2.05) is 0 Å². The van der Waals surface area contributed by atoms with Crippen LogP contribution in [-0.4, -0.2) is 23.8 Å². The minimum atomic E-state index is -0.460. The molecule has 0 spiro atoms. The maximum atomic E-state index is 11.1. The molecule has 1 heterocycles. The Bertz CT molecular complexity index is 256.